The average molecular weight is 469 g/mol. The molecule has 1 aliphatic rings. The number of aromatic nitrogens is 4. The van der Waals surface area contributed by atoms with Crippen molar-refractivity contribution in [2.45, 2.75) is 40.0 Å². The summed E-state index contributed by atoms with van der Waals surface area (Å²) in [5, 5.41) is 5.77. The molecule has 3 heterocycles. The van der Waals surface area contributed by atoms with Crippen molar-refractivity contribution in [3.63, 3.8) is 0 Å². The van der Waals surface area contributed by atoms with E-state index in [1.54, 1.807) is 0 Å². The predicted molar refractivity (Wildman–Crippen MR) is 143 cm³/mol. The van der Waals surface area contributed by atoms with Gasteiger partial charge in [-0.1, -0.05) is 61.9 Å². The highest BCUT2D eigenvalue weighted by Gasteiger charge is 2.22. The van der Waals surface area contributed by atoms with Crippen LogP contribution in [-0.4, -0.2) is 57.4 Å². The van der Waals surface area contributed by atoms with Gasteiger partial charge >= 0.3 is 0 Å². The number of para-hydroxylation sites is 1. The molecule has 1 fully saturated rings. The molecule has 35 heavy (non-hydrogen) atoms. The summed E-state index contributed by atoms with van der Waals surface area (Å²) in [6.45, 7) is 12.1. The van der Waals surface area contributed by atoms with E-state index in [1.807, 2.05) is 29.1 Å². The summed E-state index contributed by atoms with van der Waals surface area (Å²) in [5.41, 5.74) is 4.38. The van der Waals surface area contributed by atoms with Crippen LogP contribution >= 0.6 is 0 Å². The van der Waals surface area contributed by atoms with E-state index in [-0.39, 0.29) is 0 Å². The Balaban J connectivity index is 1.50. The summed E-state index contributed by atoms with van der Waals surface area (Å²) >= 11 is 0. The molecule has 0 aliphatic carbocycles. The highest BCUT2D eigenvalue weighted by Crippen LogP contribution is 2.27. The van der Waals surface area contributed by atoms with E-state index in [1.165, 1.54) is 24.1 Å². The molecule has 4 aromatic rings. The SMILES string of the molecule is Cc1ccc(Cc2nc(N3CCCN(CCC(C)C)CC3)c3cnn(-c4ccccc4)c3n2)cc1. The van der Waals surface area contributed by atoms with Gasteiger partial charge in [-0.3, -0.25) is 0 Å². The number of rotatable bonds is 7. The minimum Gasteiger partial charge on any atom is -0.355 e. The Morgan fingerprint density at radius 1 is 0.886 bits per heavy atom. The molecule has 0 radical (unpaired) electrons. The Hall–Kier alpha value is -3.25. The van der Waals surface area contributed by atoms with Gasteiger partial charge in [0.25, 0.3) is 0 Å². The highest BCUT2D eigenvalue weighted by atomic mass is 15.3. The Kier molecular flexibility index (Phi) is 7.09. The molecule has 0 spiro atoms. The van der Waals surface area contributed by atoms with Crippen molar-refractivity contribution in [2.75, 3.05) is 37.6 Å². The second-order valence-corrected chi connectivity index (χ2v) is 10.1. The van der Waals surface area contributed by atoms with Gasteiger partial charge < -0.3 is 9.80 Å². The minimum atomic E-state index is 0.706. The van der Waals surface area contributed by atoms with E-state index in [0.717, 1.165) is 66.9 Å². The van der Waals surface area contributed by atoms with Crippen LogP contribution in [-0.2, 0) is 6.42 Å². The lowest BCUT2D eigenvalue weighted by Crippen LogP contribution is -2.32. The maximum absolute atomic E-state index is 5.13. The lowest BCUT2D eigenvalue weighted by molar-refractivity contribution is 0.275. The number of fused-ring (bicyclic) bond motifs is 1. The third-order valence-corrected chi connectivity index (χ3v) is 6.85. The summed E-state index contributed by atoms with van der Waals surface area (Å²) in [7, 11) is 0. The van der Waals surface area contributed by atoms with E-state index in [4.69, 9.17) is 15.1 Å². The number of anilines is 1. The van der Waals surface area contributed by atoms with Gasteiger partial charge in [0.1, 0.15) is 11.6 Å². The van der Waals surface area contributed by atoms with E-state index < -0.39 is 0 Å². The van der Waals surface area contributed by atoms with Gasteiger partial charge in [-0.15, -0.1) is 0 Å². The zero-order valence-electron chi connectivity index (χ0n) is 21.2. The van der Waals surface area contributed by atoms with Crippen LogP contribution in [0.15, 0.2) is 60.8 Å². The van der Waals surface area contributed by atoms with Gasteiger partial charge in [0.05, 0.1) is 17.3 Å². The van der Waals surface area contributed by atoms with Crippen LogP contribution in [0.4, 0.5) is 5.82 Å². The first-order valence-electron chi connectivity index (χ1n) is 12.9. The molecule has 0 N–H and O–H groups in total. The first kappa shape index (κ1) is 23.5. The molecule has 0 amide bonds. The van der Waals surface area contributed by atoms with Crippen LogP contribution in [0, 0.1) is 12.8 Å². The topological polar surface area (TPSA) is 50.1 Å². The van der Waals surface area contributed by atoms with E-state index in [2.05, 4.69) is 67.0 Å². The smallest absolute Gasteiger partial charge is 0.168 e. The lowest BCUT2D eigenvalue weighted by atomic mass is 10.1. The Morgan fingerprint density at radius 3 is 2.46 bits per heavy atom. The summed E-state index contributed by atoms with van der Waals surface area (Å²) in [5.74, 6) is 2.60. The van der Waals surface area contributed by atoms with Crippen molar-refractivity contribution in [1.29, 1.82) is 0 Å². The average Bonchev–Trinajstić information content (AvgIpc) is 3.14. The second kappa shape index (κ2) is 10.6. The highest BCUT2D eigenvalue weighted by molar-refractivity contribution is 5.88. The molecule has 0 saturated carbocycles. The number of benzene rings is 2. The number of aryl methyl sites for hydroxylation is 1. The summed E-state index contributed by atoms with van der Waals surface area (Å²) in [4.78, 5) is 15.2. The Morgan fingerprint density at radius 2 is 1.69 bits per heavy atom. The molecule has 1 aliphatic heterocycles. The van der Waals surface area contributed by atoms with Crippen LogP contribution in [0.3, 0.4) is 0 Å². The molecule has 0 bridgehead atoms. The molecule has 2 aromatic carbocycles. The van der Waals surface area contributed by atoms with Crippen LogP contribution < -0.4 is 4.90 Å². The maximum atomic E-state index is 5.13. The van der Waals surface area contributed by atoms with Gasteiger partial charge in [0.15, 0.2) is 5.65 Å². The van der Waals surface area contributed by atoms with Gasteiger partial charge in [0.2, 0.25) is 0 Å². The van der Waals surface area contributed by atoms with E-state index in [0.29, 0.717) is 6.42 Å². The standard InChI is InChI=1S/C29H36N6/c1-22(2)14-17-33-15-7-16-34(19-18-33)28-26-21-30-35(25-8-5-4-6-9-25)29(26)32-27(31-28)20-24-12-10-23(3)11-13-24/h4-6,8-13,21-22H,7,14-20H2,1-3H3. The third kappa shape index (κ3) is 5.54. The molecule has 6 nitrogen and oxygen atoms in total. The molecule has 5 rings (SSSR count). The first-order valence-corrected chi connectivity index (χ1v) is 12.9. The van der Waals surface area contributed by atoms with E-state index in [9.17, 15) is 0 Å². The quantitative estimate of drug-likeness (QED) is 0.370. The Labute approximate surface area is 208 Å². The molecular weight excluding hydrogens is 432 g/mol. The molecule has 182 valence electrons. The third-order valence-electron chi connectivity index (χ3n) is 6.85. The summed E-state index contributed by atoms with van der Waals surface area (Å²) in [6.07, 6.45) is 5.04. The first-order chi connectivity index (χ1) is 17.1. The van der Waals surface area contributed by atoms with Crippen molar-refractivity contribution in [2.24, 2.45) is 5.92 Å². The van der Waals surface area contributed by atoms with Crippen LogP contribution in [0.2, 0.25) is 0 Å². The minimum absolute atomic E-state index is 0.706. The maximum Gasteiger partial charge on any atom is 0.168 e. The van der Waals surface area contributed by atoms with Gasteiger partial charge in [0, 0.05) is 26.1 Å². The zero-order chi connectivity index (χ0) is 24.2. The fourth-order valence-corrected chi connectivity index (χ4v) is 4.75. The molecule has 1 saturated heterocycles. The van der Waals surface area contributed by atoms with Crippen LogP contribution in [0.25, 0.3) is 16.7 Å². The fraction of sp³-hybridized carbons (Fsp3) is 0.414. The largest absolute Gasteiger partial charge is 0.355 e. The van der Waals surface area contributed by atoms with Gasteiger partial charge in [-0.05, 0) is 56.5 Å². The fourth-order valence-electron chi connectivity index (χ4n) is 4.75. The second-order valence-electron chi connectivity index (χ2n) is 10.1. The molecule has 0 atom stereocenters. The van der Waals surface area contributed by atoms with Gasteiger partial charge in [-0.25, -0.2) is 14.6 Å². The van der Waals surface area contributed by atoms with Crippen LogP contribution in [0.1, 0.15) is 43.6 Å². The molecule has 2 aromatic heterocycles. The predicted octanol–water partition coefficient (Wildman–Crippen LogP) is 5.27. The monoisotopic (exact) mass is 468 g/mol. The van der Waals surface area contributed by atoms with Crippen molar-refractivity contribution in [3.05, 3.63) is 77.7 Å². The van der Waals surface area contributed by atoms with Crippen molar-refractivity contribution < 1.29 is 0 Å². The van der Waals surface area contributed by atoms with Crippen LogP contribution in [0.5, 0.6) is 0 Å². The van der Waals surface area contributed by atoms with E-state index >= 15 is 0 Å². The Bertz CT molecular complexity index is 1250. The summed E-state index contributed by atoms with van der Waals surface area (Å²) < 4.78 is 1.95. The normalized spacial score (nSPS) is 15.1. The van der Waals surface area contributed by atoms with Crippen molar-refractivity contribution in [1.82, 2.24) is 24.6 Å². The zero-order valence-corrected chi connectivity index (χ0v) is 21.2. The number of nitrogens with zero attached hydrogens (tertiary/aromatic N) is 6. The number of hydrogen-bond acceptors (Lipinski definition) is 5. The van der Waals surface area contributed by atoms with Gasteiger partial charge in [-0.2, -0.15) is 5.10 Å². The lowest BCUT2D eigenvalue weighted by Gasteiger charge is -2.24. The molecule has 6 heteroatoms. The van der Waals surface area contributed by atoms with Crippen molar-refractivity contribution >= 4 is 16.9 Å². The number of hydrogen-bond donors (Lipinski definition) is 0. The van der Waals surface area contributed by atoms with Crippen molar-refractivity contribution in [3.8, 4) is 5.69 Å². The molecule has 0 unspecified atom stereocenters. The summed E-state index contributed by atoms with van der Waals surface area (Å²) in [6, 6.07) is 18.9. The molecular formula is C29H36N6.